The van der Waals surface area contributed by atoms with Crippen molar-refractivity contribution in [1.29, 1.82) is 0 Å². The monoisotopic (exact) mass is 371 g/mol. The molecule has 0 saturated heterocycles. The van der Waals surface area contributed by atoms with E-state index in [4.69, 9.17) is 0 Å². The topological polar surface area (TPSA) is 89.8 Å². The van der Waals surface area contributed by atoms with E-state index in [1.807, 2.05) is 0 Å². The maximum Gasteiger partial charge on any atom is 0.416 e. The number of fused-ring (bicyclic) bond motifs is 1. The largest absolute Gasteiger partial charge is 0.416 e. The quantitative estimate of drug-likeness (QED) is 0.712. The van der Waals surface area contributed by atoms with E-state index in [0.717, 1.165) is 18.4 Å². The molecule has 132 valence electrons. The van der Waals surface area contributed by atoms with Gasteiger partial charge in [0.1, 0.15) is 5.82 Å². The average Bonchev–Trinajstić information content (AvgIpc) is 2.88. The summed E-state index contributed by atoms with van der Waals surface area (Å²) in [5.74, 6) is 0.137. The van der Waals surface area contributed by atoms with Gasteiger partial charge in [-0.15, -0.1) is 0 Å². The molecule has 0 bridgehead atoms. The molecule has 2 aromatic heterocycles. The maximum atomic E-state index is 12.6. The van der Waals surface area contributed by atoms with Crippen molar-refractivity contribution in [3.8, 4) is 0 Å². The van der Waals surface area contributed by atoms with Crippen molar-refractivity contribution >= 4 is 32.4 Å². The smallest absolute Gasteiger partial charge is 0.339 e. The summed E-state index contributed by atoms with van der Waals surface area (Å²) in [6.45, 7) is 0. The normalized spacial score (nSPS) is 12.5. The molecule has 0 amide bonds. The summed E-state index contributed by atoms with van der Waals surface area (Å²) >= 11 is 0. The van der Waals surface area contributed by atoms with Crippen LogP contribution >= 0.6 is 0 Å². The third-order valence-corrected chi connectivity index (χ3v) is 4.22. The van der Waals surface area contributed by atoms with E-state index in [-0.39, 0.29) is 11.5 Å². The highest BCUT2D eigenvalue weighted by Gasteiger charge is 2.30. The van der Waals surface area contributed by atoms with Crippen molar-refractivity contribution in [2.75, 3.05) is 11.6 Å². The van der Waals surface area contributed by atoms with Gasteiger partial charge in [-0.1, -0.05) is 0 Å². The van der Waals surface area contributed by atoms with Crippen LogP contribution in [0.1, 0.15) is 5.56 Å². The Morgan fingerprint density at radius 2 is 1.76 bits per heavy atom. The molecule has 0 spiro atoms. The number of anilines is 2. The van der Waals surface area contributed by atoms with Gasteiger partial charge in [0, 0.05) is 19.0 Å². The Morgan fingerprint density at radius 3 is 2.32 bits per heavy atom. The fourth-order valence-electron chi connectivity index (χ4n) is 2.14. The predicted octanol–water partition coefficient (Wildman–Crippen LogP) is 2.53. The zero-order valence-electron chi connectivity index (χ0n) is 13.0. The summed E-state index contributed by atoms with van der Waals surface area (Å²) in [4.78, 5) is 7.93. The Hall–Kier alpha value is -2.69. The van der Waals surface area contributed by atoms with Gasteiger partial charge in [-0.2, -0.15) is 28.2 Å². The molecule has 25 heavy (non-hydrogen) atoms. The summed E-state index contributed by atoms with van der Waals surface area (Å²) in [6, 6.07) is 4.30. The van der Waals surface area contributed by atoms with Crippen molar-refractivity contribution in [3.05, 3.63) is 36.0 Å². The van der Waals surface area contributed by atoms with E-state index < -0.39 is 26.7 Å². The first-order valence-corrected chi connectivity index (χ1v) is 8.79. The molecule has 7 nitrogen and oxygen atoms in total. The minimum Gasteiger partial charge on any atom is -0.339 e. The molecule has 0 unspecified atom stereocenters. The number of nitrogens with zero attached hydrogens (tertiary/aromatic N) is 4. The lowest BCUT2D eigenvalue weighted by Gasteiger charge is -2.10. The number of aryl methyl sites for hydroxylation is 1. The molecule has 0 atom stereocenters. The highest BCUT2D eigenvalue weighted by atomic mass is 32.2. The van der Waals surface area contributed by atoms with Crippen LogP contribution < -0.4 is 5.32 Å². The lowest BCUT2D eigenvalue weighted by molar-refractivity contribution is -0.137. The van der Waals surface area contributed by atoms with Crippen LogP contribution in [-0.4, -0.2) is 34.4 Å². The second-order valence-corrected chi connectivity index (χ2v) is 7.24. The highest BCUT2D eigenvalue weighted by molar-refractivity contribution is 7.90. The van der Waals surface area contributed by atoms with Gasteiger partial charge < -0.3 is 5.32 Å². The first-order valence-electron chi connectivity index (χ1n) is 6.90. The lowest BCUT2D eigenvalue weighted by Crippen LogP contribution is -2.08. The molecule has 0 aliphatic carbocycles. The molecule has 3 rings (SSSR count). The first kappa shape index (κ1) is 17.1. The first-order chi connectivity index (χ1) is 11.6. The van der Waals surface area contributed by atoms with E-state index in [9.17, 15) is 21.6 Å². The van der Waals surface area contributed by atoms with Gasteiger partial charge in [-0.05, 0) is 24.3 Å². The molecule has 0 fully saturated rings. The van der Waals surface area contributed by atoms with Gasteiger partial charge in [0.15, 0.2) is 5.65 Å². The van der Waals surface area contributed by atoms with Crippen LogP contribution in [0.2, 0.25) is 0 Å². The van der Waals surface area contributed by atoms with Crippen molar-refractivity contribution in [2.45, 2.75) is 11.3 Å². The van der Waals surface area contributed by atoms with E-state index in [1.54, 1.807) is 7.05 Å². The van der Waals surface area contributed by atoms with Gasteiger partial charge >= 0.3 is 6.18 Å². The Morgan fingerprint density at radius 1 is 1.12 bits per heavy atom. The van der Waals surface area contributed by atoms with Crippen LogP contribution in [0.3, 0.4) is 0 Å². The van der Waals surface area contributed by atoms with E-state index in [0.29, 0.717) is 11.1 Å². The van der Waals surface area contributed by atoms with Crippen molar-refractivity contribution in [1.82, 2.24) is 19.7 Å². The fraction of sp³-hybridized carbons (Fsp3) is 0.214. The van der Waals surface area contributed by atoms with Crippen LogP contribution in [0.4, 0.5) is 24.7 Å². The van der Waals surface area contributed by atoms with E-state index in [2.05, 4.69) is 20.4 Å². The average molecular weight is 371 g/mol. The standard InChI is InChI=1S/C14H12F3N5O2S/c1-22-12-10(7-18-22)11(20-13(21-12)25(2,23)24)19-9-5-3-8(4-6-9)14(15,16)17/h3-7H,1-2H3,(H,19,20,21). The van der Waals surface area contributed by atoms with Crippen molar-refractivity contribution in [2.24, 2.45) is 7.05 Å². The molecule has 1 N–H and O–H groups in total. The van der Waals surface area contributed by atoms with Crippen LogP contribution in [-0.2, 0) is 23.1 Å². The SMILES string of the molecule is Cn1ncc2c(Nc3ccc(C(F)(F)F)cc3)nc(S(C)(=O)=O)nc21. The highest BCUT2D eigenvalue weighted by Crippen LogP contribution is 2.31. The van der Waals surface area contributed by atoms with Crippen LogP contribution in [0.5, 0.6) is 0 Å². The molecule has 0 aliphatic rings. The molecular formula is C14H12F3N5O2S. The number of hydrogen-bond donors (Lipinski definition) is 1. The number of nitrogens with one attached hydrogen (secondary N) is 1. The summed E-state index contributed by atoms with van der Waals surface area (Å²) in [7, 11) is -2.10. The van der Waals surface area contributed by atoms with Crippen molar-refractivity contribution in [3.63, 3.8) is 0 Å². The fourth-order valence-corrected chi connectivity index (χ4v) is 2.65. The van der Waals surface area contributed by atoms with Gasteiger partial charge in [0.25, 0.3) is 5.16 Å². The summed E-state index contributed by atoms with van der Waals surface area (Å²) < 4.78 is 62.8. The maximum absolute atomic E-state index is 12.6. The molecular weight excluding hydrogens is 359 g/mol. The van der Waals surface area contributed by atoms with Gasteiger partial charge in [0.2, 0.25) is 9.84 Å². The number of rotatable bonds is 3. The number of sulfone groups is 1. The molecule has 0 aliphatic heterocycles. The van der Waals surface area contributed by atoms with Gasteiger partial charge in [-0.3, -0.25) is 4.68 Å². The molecule has 1 aromatic carbocycles. The van der Waals surface area contributed by atoms with Crippen LogP contribution in [0.15, 0.2) is 35.6 Å². The number of benzene rings is 1. The predicted molar refractivity (Wildman–Crippen MR) is 84.1 cm³/mol. The number of hydrogen-bond acceptors (Lipinski definition) is 6. The third kappa shape index (κ3) is 3.40. The van der Waals surface area contributed by atoms with Gasteiger partial charge in [-0.25, -0.2) is 8.42 Å². The summed E-state index contributed by atoms with van der Waals surface area (Å²) in [5.41, 5.74) is -0.190. The minimum absolute atomic E-state index is 0.137. The zero-order chi connectivity index (χ0) is 18.4. The number of halogens is 3. The zero-order valence-corrected chi connectivity index (χ0v) is 13.9. The number of aromatic nitrogens is 4. The molecule has 3 aromatic rings. The lowest BCUT2D eigenvalue weighted by atomic mass is 10.2. The second-order valence-electron chi connectivity index (χ2n) is 5.33. The molecule has 2 heterocycles. The van der Waals surface area contributed by atoms with Crippen molar-refractivity contribution < 1.29 is 21.6 Å². The Bertz CT molecular complexity index is 1040. The summed E-state index contributed by atoms with van der Waals surface area (Å²) in [5, 5.41) is 6.85. The third-order valence-electron chi connectivity index (χ3n) is 3.38. The van der Waals surface area contributed by atoms with Gasteiger partial charge in [0.05, 0.1) is 17.1 Å². The molecule has 11 heteroatoms. The van der Waals surface area contributed by atoms with Crippen LogP contribution in [0, 0.1) is 0 Å². The Kier molecular flexibility index (Phi) is 3.90. The summed E-state index contributed by atoms with van der Waals surface area (Å²) in [6.07, 6.45) is -2.03. The molecule has 0 saturated carbocycles. The van der Waals surface area contributed by atoms with E-state index in [1.165, 1.54) is 23.0 Å². The molecule has 0 radical (unpaired) electrons. The Balaban J connectivity index is 2.06. The number of alkyl halides is 3. The minimum atomic E-state index is -4.44. The second kappa shape index (κ2) is 5.69. The van der Waals surface area contributed by atoms with Crippen LogP contribution in [0.25, 0.3) is 11.0 Å². The Labute approximate surface area is 140 Å². The van der Waals surface area contributed by atoms with E-state index >= 15 is 0 Å².